The molecule has 0 radical (unpaired) electrons. The van der Waals surface area contributed by atoms with Crippen molar-refractivity contribution in [2.45, 2.75) is 87.5 Å². The molecule has 2 saturated heterocycles. The summed E-state index contributed by atoms with van der Waals surface area (Å²) in [7, 11) is 0. The number of aromatic nitrogens is 1. The van der Waals surface area contributed by atoms with E-state index >= 15 is 0 Å². The Bertz CT molecular complexity index is 1040. The summed E-state index contributed by atoms with van der Waals surface area (Å²) >= 11 is 1.44. The number of hydrogen-bond donors (Lipinski definition) is 2. The van der Waals surface area contributed by atoms with Gasteiger partial charge >= 0.3 is 11.9 Å². The molecule has 0 spiro atoms. The zero-order valence-corrected chi connectivity index (χ0v) is 20.1. The van der Waals surface area contributed by atoms with E-state index in [1.54, 1.807) is 4.90 Å². The van der Waals surface area contributed by atoms with Gasteiger partial charge in [0.25, 0.3) is 11.1 Å². The maximum absolute atomic E-state index is 13.4. The number of esters is 2. The van der Waals surface area contributed by atoms with Crippen LogP contribution in [-0.4, -0.2) is 98.5 Å². The third-order valence-corrected chi connectivity index (χ3v) is 8.77. The Morgan fingerprint density at radius 2 is 1.91 bits per heavy atom. The number of likely N-dealkylation sites (tertiary alicyclic amines) is 1. The minimum atomic E-state index is -2.09. The second kappa shape index (κ2) is 8.68. The Kier molecular flexibility index (Phi) is 5.74. The van der Waals surface area contributed by atoms with E-state index in [1.165, 1.54) is 30.6 Å². The van der Waals surface area contributed by atoms with Gasteiger partial charge in [-0.2, -0.15) is 0 Å². The van der Waals surface area contributed by atoms with Gasteiger partial charge in [-0.25, -0.2) is 14.6 Å². The molecule has 11 nitrogen and oxygen atoms in total. The second-order valence-electron chi connectivity index (χ2n) is 10.1. The molecule has 0 bridgehead atoms. The van der Waals surface area contributed by atoms with Crippen LogP contribution in [0.4, 0.5) is 0 Å². The summed E-state index contributed by atoms with van der Waals surface area (Å²) in [6, 6.07) is 0.696. The smallest absolute Gasteiger partial charge is 0.339 e. The maximum atomic E-state index is 13.4. The standard InChI is InChI=1S/C23H29N3O8S/c27-17-18(28)20(30)34-23(9-16(23)33-19(17)29)21(31)26-8-6-14-15(11-26)35-22(24-14)32-13-5-2-7-25(10-13)12-3-1-4-12/h12-13,16-18,27-28H,1-11H2. The summed E-state index contributed by atoms with van der Waals surface area (Å²) in [5.41, 5.74) is -0.743. The molecular weight excluding hydrogens is 478 g/mol. The molecule has 35 heavy (non-hydrogen) atoms. The summed E-state index contributed by atoms with van der Waals surface area (Å²) in [5, 5.41) is 20.1. The summed E-state index contributed by atoms with van der Waals surface area (Å²) in [6.07, 6.45) is 1.55. The van der Waals surface area contributed by atoms with Crippen molar-refractivity contribution >= 4 is 29.2 Å². The molecule has 4 heterocycles. The molecule has 2 aliphatic carbocycles. The number of aliphatic hydroxyl groups excluding tert-OH is 2. The Labute approximate surface area is 205 Å². The molecule has 3 aliphatic heterocycles. The highest BCUT2D eigenvalue weighted by atomic mass is 32.1. The van der Waals surface area contributed by atoms with Crippen LogP contribution in [0.25, 0.3) is 0 Å². The average molecular weight is 508 g/mol. The normalized spacial score (nSPS) is 35.5. The van der Waals surface area contributed by atoms with Gasteiger partial charge in [0.05, 0.1) is 17.1 Å². The van der Waals surface area contributed by atoms with Gasteiger partial charge in [0.2, 0.25) is 5.60 Å². The molecule has 190 valence electrons. The molecule has 6 rings (SSSR count). The third-order valence-electron chi connectivity index (χ3n) is 7.80. The van der Waals surface area contributed by atoms with Gasteiger partial charge in [-0.1, -0.05) is 17.8 Å². The molecule has 1 amide bonds. The maximum Gasteiger partial charge on any atom is 0.339 e. The number of thiazole rings is 1. The number of aliphatic hydroxyl groups is 2. The van der Waals surface area contributed by atoms with Gasteiger partial charge in [0.15, 0.2) is 18.3 Å². The van der Waals surface area contributed by atoms with Gasteiger partial charge in [-0.3, -0.25) is 9.69 Å². The Morgan fingerprint density at radius 1 is 1.11 bits per heavy atom. The number of carbonyl (C=O) groups excluding carboxylic acids is 3. The van der Waals surface area contributed by atoms with Gasteiger partial charge in [-0.05, 0) is 32.2 Å². The fourth-order valence-corrected chi connectivity index (χ4v) is 6.43. The summed E-state index contributed by atoms with van der Waals surface area (Å²) in [5.74, 6) is -2.82. The van der Waals surface area contributed by atoms with Crippen molar-refractivity contribution in [2.24, 2.45) is 0 Å². The highest BCUT2D eigenvalue weighted by Crippen LogP contribution is 2.47. The van der Waals surface area contributed by atoms with Crippen molar-refractivity contribution in [2.75, 3.05) is 19.6 Å². The molecule has 1 aromatic rings. The number of piperidine rings is 1. The van der Waals surface area contributed by atoms with E-state index < -0.39 is 41.8 Å². The van der Waals surface area contributed by atoms with Crippen LogP contribution in [0.15, 0.2) is 0 Å². The number of fused-ring (bicyclic) bond motifs is 2. The molecule has 2 saturated carbocycles. The van der Waals surface area contributed by atoms with Crippen LogP contribution in [0, 0.1) is 0 Å². The van der Waals surface area contributed by atoms with Crippen molar-refractivity contribution in [1.29, 1.82) is 0 Å². The van der Waals surface area contributed by atoms with E-state index in [0.29, 0.717) is 30.7 Å². The highest BCUT2D eigenvalue weighted by Gasteiger charge is 2.70. The van der Waals surface area contributed by atoms with Crippen LogP contribution in [0.3, 0.4) is 0 Å². The molecule has 5 unspecified atom stereocenters. The summed E-state index contributed by atoms with van der Waals surface area (Å²) < 4.78 is 16.6. The SMILES string of the molecule is O=C1OC2CC2(C(=O)N2CCc3nc(OC4CCCN(C5CCC5)C4)sc3C2)OC(=O)C(O)C1O. The zero-order chi connectivity index (χ0) is 24.3. The van der Waals surface area contributed by atoms with E-state index in [0.717, 1.165) is 36.5 Å². The minimum absolute atomic E-state index is 0.00232. The second-order valence-corrected chi connectivity index (χ2v) is 11.2. The van der Waals surface area contributed by atoms with E-state index in [4.69, 9.17) is 14.2 Å². The molecule has 5 atom stereocenters. The fraction of sp³-hybridized carbons (Fsp3) is 0.739. The molecular formula is C23H29N3O8S. The van der Waals surface area contributed by atoms with Crippen LogP contribution in [0.2, 0.25) is 0 Å². The predicted molar refractivity (Wildman–Crippen MR) is 119 cm³/mol. The lowest BCUT2D eigenvalue weighted by atomic mass is 9.90. The molecule has 2 N–H and O–H groups in total. The quantitative estimate of drug-likeness (QED) is 0.525. The van der Waals surface area contributed by atoms with E-state index in [2.05, 4.69) is 9.88 Å². The van der Waals surface area contributed by atoms with Crippen molar-refractivity contribution in [3.63, 3.8) is 0 Å². The van der Waals surface area contributed by atoms with Gasteiger partial charge in [0, 0.05) is 32.0 Å². The number of carbonyl (C=O) groups is 3. The van der Waals surface area contributed by atoms with Crippen LogP contribution in [-0.2, 0) is 36.8 Å². The van der Waals surface area contributed by atoms with E-state index in [-0.39, 0.29) is 12.5 Å². The minimum Gasteiger partial charge on any atom is -0.465 e. The summed E-state index contributed by atoms with van der Waals surface area (Å²) in [4.78, 5) is 47.2. The van der Waals surface area contributed by atoms with Gasteiger partial charge < -0.3 is 29.3 Å². The van der Waals surface area contributed by atoms with Crippen LogP contribution in [0.5, 0.6) is 5.19 Å². The molecule has 4 fully saturated rings. The van der Waals surface area contributed by atoms with Crippen molar-refractivity contribution in [3.05, 3.63) is 10.6 Å². The van der Waals surface area contributed by atoms with Gasteiger partial charge in [-0.15, -0.1) is 0 Å². The number of ether oxygens (including phenoxy) is 3. The van der Waals surface area contributed by atoms with E-state index in [9.17, 15) is 24.6 Å². The lowest BCUT2D eigenvalue weighted by Crippen LogP contribution is -2.52. The first-order chi connectivity index (χ1) is 16.8. The lowest BCUT2D eigenvalue weighted by Gasteiger charge is -2.42. The van der Waals surface area contributed by atoms with Crippen molar-refractivity contribution in [3.8, 4) is 5.19 Å². The first-order valence-electron chi connectivity index (χ1n) is 12.3. The van der Waals surface area contributed by atoms with E-state index in [1.807, 2.05) is 0 Å². The zero-order valence-electron chi connectivity index (χ0n) is 19.3. The molecule has 0 aromatic carbocycles. The largest absolute Gasteiger partial charge is 0.465 e. The van der Waals surface area contributed by atoms with Gasteiger partial charge in [0.1, 0.15) is 6.10 Å². The average Bonchev–Trinajstić information content (AvgIpc) is 3.32. The Hall–Kier alpha value is -2.28. The molecule has 5 aliphatic rings. The van der Waals surface area contributed by atoms with Crippen molar-refractivity contribution < 1.29 is 38.8 Å². The van der Waals surface area contributed by atoms with Crippen molar-refractivity contribution in [1.82, 2.24) is 14.8 Å². The van der Waals surface area contributed by atoms with Crippen LogP contribution < -0.4 is 4.74 Å². The molecule has 12 heteroatoms. The number of nitrogens with zero attached hydrogens (tertiary/aromatic N) is 3. The lowest BCUT2D eigenvalue weighted by molar-refractivity contribution is -0.192. The van der Waals surface area contributed by atoms with Crippen LogP contribution >= 0.6 is 11.3 Å². The van der Waals surface area contributed by atoms with Crippen LogP contribution in [0.1, 0.15) is 49.1 Å². The fourth-order valence-electron chi connectivity index (χ4n) is 5.39. The number of amides is 1. The number of rotatable bonds is 4. The first-order valence-corrected chi connectivity index (χ1v) is 13.1. The monoisotopic (exact) mass is 507 g/mol. The summed E-state index contributed by atoms with van der Waals surface area (Å²) in [6.45, 7) is 2.72. The highest BCUT2D eigenvalue weighted by molar-refractivity contribution is 7.13. The predicted octanol–water partition coefficient (Wildman–Crippen LogP) is -0.244. The topological polar surface area (TPSA) is 139 Å². The first kappa shape index (κ1) is 23.1. The molecule has 1 aromatic heterocycles. The third kappa shape index (κ3) is 4.09. The Balaban J connectivity index is 1.11. The Morgan fingerprint density at radius 3 is 2.69 bits per heavy atom. The number of hydrogen-bond acceptors (Lipinski definition) is 11.